The van der Waals surface area contributed by atoms with Crippen LogP contribution in [0.1, 0.15) is 49.6 Å². The molecule has 27 heavy (non-hydrogen) atoms. The zero-order valence-corrected chi connectivity index (χ0v) is 16.7. The number of anilines is 1. The van der Waals surface area contributed by atoms with E-state index in [1.54, 1.807) is 0 Å². The van der Waals surface area contributed by atoms with Crippen LogP contribution in [-0.2, 0) is 17.6 Å². The van der Waals surface area contributed by atoms with E-state index in [4.69, 9.17) is 14.3 Å². The van der Waals surface area contributed by atoms with Gasteiger partial charge < -0.3 is 19.2 Å². The molecule has 0 spiro atoms. The molecule has 1 N–H and O–H groups in total. The minimum atomic E-state index is -0.766. The Hall–Kier alpha value is -2.50. The molecule has 6 heteroatoms. The van der Waals surface area contributed by atoms with Crippen LogP contribution in [0.4, 0.5) is 5.69 Å². The van der Waals surface area contributed by atoms with Crippen molar-refractivity contribution in [1.82, 2.24) is 4.98 Å². The molecule has 148 valence electrons. The molecule has 1 aromatic carbocycles. The molecule has 0 aliphatic carbocycles. The number of fused-ring (bicyclic) bond motifs is 1. The third-order valence-electron chi connectivity index (χ3n) is 4.50. The highest BCUT2D eigenvalue weighted by Gasteiger charge is 2.20. The van der Waals surface area contributed by atoms with Crippen LogP contribution >= 0.6 is 0 Å². The maximum atomic E-state index is 10.9. The number of hydrogen-bond acceptors (Lipinski definition) is 5. The van der Waals surface area contributed by atoms with Crippen molar-refractivity contribution in [2.75, 3.05) is 24.6 Å². The van der Waals surface area contributed by atoms with Crippen molar-refractivity contribution in [3.05, 3.63) is 41.1 Å². The molecule has 0 atom stereocenters. The van der Waals surface area contributed by atoms with E-state index in [1.165, 1.54) is 5.56 Å². The maximum absolute atomic E-state index is 10.9. The van der Waals surface area contributed by atoms with E-state index >= 15 is 0 Å². The molecule has 0 saturated carbocycles. The number of oxazole rings is 1. The van der Waals surface area contributed by atoms with Crippen molar-refractivity contribution in [3.8, 4) is 5.75 Å². The van der Waals surface area contributed by atoms with Crippen molar-refractivity contribution in [3.63, 3.8) is 0 Å². The molecule has 3 rings (SSSR count). The third-order valence-corrected chi connectivity index (χ3v) is 4.50. The van der Waals surface area contributed by atoms with E-state index in [0.29, 0.717) is 25.5 Å². The number of hydrogen-bond donors (Lipinski definition) is 1. The van der Waals surface area contributed by atoms with Crippen molar-refractivity contribution < 1.29 is 19.1 Å². The van der Waals surface area contributed by atoms with Crippen molar-refractivity contribution in [2.45, 2.75) is 53.4 Å². The Kier molecular flexibility index (Phi) is 7.70. The second-order valence-electron chi connectivity index (χ2n) is 6.32. The SMILES string of the molecule is CC.Cc1nc(CCOc2cccc3c2CCCN3CCC(=O)O)c(C)o1. The van der Waals surface area contributed by atoms with E-state index in [2.05, 4.69) is 9.88 Å². The normalized spacial score (nSPS) is 12.8. The highest BCUT2D eigenvalue weighted by atomic mass is 16.5. The first-order chi connectivity index (χ1) is 13.0. The predicted octanol–water partition coefficient (Wildman–Crippen LogP) is 4.17. The summed E-state index contributed by atoms with van der Waals surface area (Å²) in [5.41, 5.74) is 3.20. The van der Waals surface area contributed by atoms with Gasteiger partial charge >= 0.3 is 5.97 Å². The van der Waals surface area contributed by atoms with Gasteiger partial charge in [-0.15, -0.1) is 0 Å². The monoisotopic (exact) mass is 374 g/mol. The number of benzene rings is 1. The third kappa shape index (κ3) is 5.49. The van der Waals surface area contributed by atoms with Gasteiger partial charge in [0.25, 0.3) is 0 Å². The minimum absolute atomic E-state index is 0.148. The average Bonchev–Trinajstić information content (AvgIpc) is 2.99. The molecule has 1 aliphatic rings. The van der Waals surface area contributed by atoms with Crippen LogP contribution in [0.25, 0.3) is 0 Å². The predicted molar refractivity (Wildman–Crippen MR) is 106 cm³/mol. The van der Waals surface area contributed by atoms with Gasteiger partial charge in [0.2, 0.25) is 0 Å². The van der Waals surface area contributed by atoms with Crippen LogP contribution in [0.15, 0.2) is 22.6 Å². The highest BCUT2D eigenvalue weighted by Crippen LogP contribution is 2.34. The number of ether oxygens (including phenoxy) is 1. The van der Waals surface area contributed by atoms with Gasteiger partial charge in [0.1, 0.15) is 11.5 Å². The zero-order valence-electron chi connectivity index (χ0n) is 16.7. The molecule has 1 aliphatic heterocycles. The van der Waals surface area contributed by atoms with Crippen LogP contribution in [0.5, 0.6) is 5.75 Å². The lowest BCUT2D eigenvalue weighted by Gasteiger charge is -2.32. The Morgan fingerprint density at radius 3 is 2.78 bits per heavy atom. The minimum Gasteiger partial charge on any atom is -0.493 e. The summed E-state index contributed by atoms with van der Waals surface area (Å²) in [6, 6.07) is 6.01. The van der Waals surface area contributed by atoms with Gasteiger partial charge in [-0.3, -0.25) is 4.79 Å². The standard InChI is InChI=1S/C19H24N2O4.C2H6/c1-13-16(20-14(2)25-13)9-12-24-18-7-3-6-17-15(18)5-4-10-21(17)11-8-19(22)23;1-2/h3,6-7H,4-5,8-12H2,1-2H3,(H,22,23);1-2H3. The Morgan fingerprint density at radius 2 is 2.11 bits per heavy atom. The molecule has 0 radical (unpaired) electrons. The van der Waals surface area contributed by atoms with Gasteiger partial charge in [-0.2, -0.15) is 0 Å². The van der Waals surface area contributed by atoms with Gasteiger partial charge in [0.05, 0.1) is 18.7 Å². The highest BCUT2D eigenvalue weighted by molar-refractivity contribution is 5.68. The van der Waals surface area contributed by atoms with E-state index in [0.717, 1.165) is 42.3 Å². The first kappa shape index (κ1) is 20.8. The number of carboxylic acids is 1. The van der Waals surface area contributed by atoms with Gasteiger partial charge in [-0.1, -0.05) is 19.9 Å². The van der Waals surface area contributed by atoms with Crippen LogP contribution < -0.4 is 9.64 Å². The maximum Gasteiger partial charge on any atom is 0.305 e. The molecule has 0 bridgehead atoms. The summed E-state index contributed by atoms with van der Waals surface area (Å²) < 4.78 is 11.5. The zero-order chi connectivity index (χ0) is 19.8. The van der Waals surface area contributed by atoms with Gasteiger partial charge in [-0.05, 0) is 31.9 Å². The summed E-state index contributed by atoms with van der Waals surface area (Å²) >= 11 is 0. The van der Waals surface area contributed by atoms with E-state index in [-0.39, 0.29) is 6.42 Å². The molecule has 0 amide bonds. The number of aryl methyl sites for hydroxylation is 2. The Morgan fingerprint density at radius 1 is 1.33 bits per heavy atom. The molecular formula is C21H30N2O4. The van der Waals surface area contributed by atoms with Gasteiger partial charge in [-0.25, -0.2) is 4.98 Å². The summed E-state index contributed by atoms with van der Waals surface area (Å²) in [5.74, 6) is 1.64. The van der Waals surface area contributed by atoms with Crippen molar-refractivity contribution >= 4 is 11.7 Å². The molecule has 1 aromatic heterocycles. The molecule has 0 fully saturated rings. The second-order valence-corrected chi connectivity index (χ2v) is 6.32. The van der Waals surface area contributed by atoms with Crippen molar-refractivity contribution in [2.24, 2.45) is 0 Å². The lowest BCUT2D eigenvalue weighted by Crippen LogP contribution is -2.31. The fourth-order valence-corrected chi connectivity index (χ4v) is 3.33. The first-order valence-corrected chi connectivity index (χ1v) is 9.69. The molecule has 2 aromatic rings. The number of aliphatic carboxylic acids is 1. The fraction of sp³-hybridized carbons (Fsp3) is 0.524. The first-order valence-electron chi connectivity index (χ1n) is 9.69. The number of carbonyl (C=O) groups is 1. The Bertz CT molecular complexity index is 755. The number of aromatic nitrogens is 1. The summed E-state index contributed by atoms with van der Waals surface area (Å²) in [5, 5.41) is 8.93. The van der Waals surface area contributed by atoms with Crippen molar-refractivity contribution in [1.29, 1.82) is 0 Å². The molecule has 0 unspecified atom stereocenters. The van der Waals surface area contributed by atoms with E-state index < -0.39 is 5.97 Å². The van der Waals surface area contributed by atoms with Gasteiger partial charge in [0.15, 0.2) is 5.89 Å². The van der Waals surface area contributed by atoms with Gasteiger partial charge in [0, 0.05) is 37.7 Å². The summed E-state index contributed by atoms with van der Waals surface area (Å²) in [6.07, 6.45) is 2.82. The Labute approximate surface area is 161 Å². The molecule has 0 saturated heterocycles. The second kappa shape index (κ2) is 10.00. The number of nitrogens with zero attached hydrogens (tertiary/aromatic N) is 2. The van der Waals surface area contributed by atoms with Crippen LogP contribution in [0.2, 0.25) is 0 Å². The van der Waals surface area contributed by atoms with Crippen LogP contribution in [-0.4, -0.2) is 35.8 Å². The quantitative estimate of drug-likeness (QED) is 0.784. The lowest BCUT2D eigenvalue weighted by molar-refractivity contribution is -0.136. The fourth-order valence-electron chi connectivity index (χ4n) is 3.33. The Balaban J connectivity index is 0.00000126. The molecular weight excluding hydrogens is 344 g/mol. The molecule has 6 nitrogen and oxygen atoms in total. The summed E-state index contributed by atoms with van der Waals surface area (Å²) in [6.45, 7) is 9.72. The van der Waals surface area contributed by atoms with E-state index in [9.17, 15) is 4.79 Å². The summed E-state index contributed by atoms with van der Waals surface area (Å²) in [4.78, 5) is 17.4. The van der Waals surface area contributed by atoms with Crippen LogP contribution in [0.3, 0.4) is 0 Å². The van der Waals surface area contributed by atoms with Crippen LogP contribution in [0, 0.1) is 13.8 Å². The topological polar surface area (TPSA) is 75.8 Å². The lowest BCUT2D eigenvalue weighted by atomic mass is 10.0. The number of carboxylic acid groups (broad SMARTS) is 1. The largest absolute Gasteiger partial charge is 0.493 e. The number of rotatable bonds is 7. The smallest absolute Gasteiger partial charge is 0.305 e. The summed E-state index contributed by atoms with van der Waals surface area (Å²) in [7, 11) is 0. The van der Waals surface area contributed by atoms with E-state index in [1.807, 2.05) is 45.9 Å². The average molecular weight is 374 g/mol. The molecule has 2 heterocycles.